The van der Waals surface area contributed by atoms with E-state index in [-0.39, 0.29) is 22.6 Å². The standard InChI is InChI=1S/C17H17F3O5/c1-9(2)6-14(16(22)23-3)24-10-4-5-11-12(17(18,19)20)8-15(21)25-13(11)7-10/h4-5,7-9,14H,6H2,1-3H3/t14-/m0/s1. The summed E-state index contributed by atoms with van der Waals surface area (Å²) in [7, 11) is 1.22. The van der Waals surface area contributed by atoms with E-state index in [1.807, 2.05) is 13.8 Å². The highest BCUT2D eigenvalue weighted by Gasteiger charge is 2.34. The minimum absolute atomic E-state index is 0.103. The van der Waals surface area contributed by atoms with Gasteiger partial charge >= 0.3 is 17.8 Å². The second kappa shape index (κ2) is 7.16. The highest BCUT2D eigenvalue weighted by molar-refractivity contribution is 5.82. The molecular formula is C17H17F3O5. The number of methoxy groups -OCH3 is 1. The van der Waals surface area contributed by atoms with E-state index in [1.54, 1.807) is 0 Å². The highest BCUT2D eigenvalue weighted by atomic mass is 19.4. The fourth-order valence-electron chi connectivity index (χ4n) is 2.37. The molecule has 1 heterocycles. The fraction of sp³-hybridized carbons (Fsp3) is 0.412. The molecule has 0 unspecified atom stereocenters. The van der Waals surface area contributed by atoms with E-state index in [1.165, 1.54) is 13.2 Å². The largest absolute Gasteiger partial charge is 0.479 e. The second-order valence-corrected chi connectivity index (χ2v) is 5.89. The summed E-state index contributed by atoms with van der Waals surface area (Å²) in [5.74, 6) is -0.371. The number of rotatable bonds is 5. The lowest BCUT2D eigenvalue weighted by Crippen LogP contribution is -2.30. The molecule has 0 bridgehead atoms. The Morgan fingerprint density at radius 1 is 1.24 bits per heavy atom. The third kappa shape index (κ3) is 4.52. The van der Waals surface area contributed by atoms with Crippen molar-refractivity contribution in [3.8, 4) is 5.75 Å². The molecule has 0 saturated heterocycles. The first-order valence-electron chi connectivity index (χ1n) is 7.51. The van der Waals surface area contributed by atoms with Crippen LogP contribution in [0.2, 0.25) is 0 Å². The Hall–Kier alpha value is -2.51. The molecule has 0 spiro atoms. The second-order valence-electron chi connectivity index (χ2n) is 5.89. The van der Waals surface area contributed by atoms with E-state index in [2.05, 4.69) is 4.74 Å². The van der Waals surface area contributed by atoms with Crippen LogP contribution in [-0.2, 0) is 15.7 Å². The van der Waals surface area contributed by atoms with Crippen LogP contribution in [0.3, 0.4) is 0 Å². The van der Waals surface area contributed by atoms with E-state index in [0.29, 0.717) is 12.5 Å². The SMILES string of the molecule is COC(=O)[C@H](CC(C)C)Oc1ccc2c(C(F)(F)F)cc(=O)oc2c1. The van der Waals surface area contributed by atoms with Gasteiger partial charge in [0.1, 0.15) is 11.3 Å². The molecule has 0 aliphatic heterocycles. The van der Waals surface area contributed by atoms with Crippen molar-refractivity contribution < 1.29 is 31.9 Å². The molecule has 0 aliphatic carbocycles. The number of esters is 1. The Kier molecular flexibility index (Phi) is 5.39. The van der Waals surface area contributed by atoms with Gasteiger partial charge in [-0.1, -0.05) is 13.8 Å². The fourth-order valence-corrected chi connectivity index (χ4v) is 2.37. The molecule has 136 valence electrons. The maximum Gasteiger partial charge on any atom is 0.417 e. The summed E-state index contributed by atoms with van der Waals surface area (Å²) in [5, 5.41) is -0.266. The van der Waals surface area contributed by atoms with Crippen LogP contribution in [-0.4, -0.2) is 19.2 Å². The predicted octanol–water partition coefficient (Wildman–Crippen LogP) is 3.78. The van der Waals surface area contributed by atoms with Crippen LogP contribution >= 0.6 is 0 Å². The first-order chi connectivity index (χ1) is 11.6. The van der Waals surface area contributed by atoms with Crippen molar-refractivity contribution in [2.24, 2.45) is 5.92 Å². The van der Waals surface area contributed by atoms with Crippen LogP contribution in [0.1, 0.15) is 25.8 Å². The maximum absolute atomic E-state index is 13.0. The lowest BCUT2D eigenvalue weighted by molar-refractivity contribution is -0.149. The first-order valence-corrected chi connectivity index (χ1v) is 7.51. The van der Waals surface area contributed by atoms with E-state index in [0.717, 1.165) is 12.1 Å². The Balaban J connectivity index is 2.44. The van der Waals surface area contributed by atoms with Crippen molar-refractivity contribution in [1.29, 1.82) is 0 Å². The van der Waals surface area contributed by atoms with Crippen LogP contribution in [0.15, 0.2) is 33.5 Å². The van der Waals surface area contributed by atoms with Gasteiger partial charge in [-0.2, -0.15) is 13.2 Å². The molecule has 8 heteroatoms. The molecular weight excluding hydrogens is 341 g/mol. The normalized spacial score (nSPS) is 13.1. The molecule has 5 nitrogen and oxygen atoms in total. The number of hydrogen-bond donors (Lipinski definition) is 0. The molecule has 0 saturated carbocycles. The Morgan fingerprint density at radius 3 is 2.48 bits per heavy atom. The van der Waals surface area contributed by atoms with E-state index in [9.17, 15) is 22.8 Å². The molecule has 2 aromatic rings. The smallest absolute Gasteiger partial charge is 0.417 e. The van der Waals surface area contributed by atoms with Gasteiger partial charge in [-0.15, -0.1) is 0 Å². The van der Waals surface area contributed by atoms with Crippen molar-refractivity contribution >= 4 is 16.9 Å². The molecule has 1 aromatic carbocycles. The van der Waals surface area contributed by atoms with Crippen molar-refractivity contribution in [2.45, 2.75) is 32.5 Å². The molecule has 1 atom stereocenters. The monoisotopic (exact) mass is 358 g/mol. The van der Waals surface area contributed by atoms with Gasteiger partial charge in [0.2, 0.25) is 0 Å². The zero-order chi connectivity index (χ0) is 18.8. The lowest BCUT2D eigenvalue weighted by atomic mass is 10.1. The lowest BCUT2D eigenvalue weighted by Gasteiger charge is -2.19. The summed E-state index contributed by atoms with van der Waals surface area (Å²) in [6, 6.07) is 3.98. The summed E-state index contributed by atoms with van der Waals surface area (Å²) in [4.78, 5) is 23.2. The predicted molar refractivity (Wildman–Crippen MR) is 83.4 cm³/mol. The topological polar surface area (TPSA) is 65.7 Å². The Morgan fingerprint density at radius 2 is 1.92 bits per heavy atom. The van der Waals surface area contributed by atoms with Gasteiger partial charge in [-0.05, 0) is 24.5 Å². The van der Waals surface area contributed by atoms with Gasteiger partial charge < -0.3 is 13.9 Å². The quantitative estimate of drug-likeness (QED) is 0.601. The van der Waals surface area contributed by atoms with Gasteiger partial charge in [0.25, 0.3) is 0 Å². The van der Waals surface area contributed by atoms with Crippen LogP contribution in [0.5, 0.6) is 5.75 Å². The zero-order valence-electron chi connectivity index (χ0n) is 13.8. The van der Waals surface area contributed by atoms with E-state index in [4.69, 9.17) is 9.15 Å². The van der Waals surface area contributed by atoms with Crippen molar-refractivity contribution in [2.75, 3.05) is 7.11 Å². The number of carbonyl (C=O) groups excluding carboxylic acids is 1. The van der Waals surface area contributed by atoms with Crippen LogP contribution in [0, 0.1) is 5.92 Å². The highest BCUT2D eigenvalue weighted by Crippen LogP contribution is 2.35. The summed E-state index contributed by atoms with van der Waals surface area (Å²) in [6.45, 7) is 3.77. The molecule has 1 aromatic heterocycles. The molecule has 0 radical (unpaired) electrons. The number of alkyl halides is 3. The summed E-state index contributed by atoms with van der Waals surface area (Å²) in [6.07, 6.45) is -5.25. The van der Waals surface area contributed by atoms with E-state index < -0.39 is 29.4 Å². The number of fused-ring (bicyclic) bond motifs is 1. The first kappa shape index (κ1) is 18.8. The third-order valence-corrected chi connectivity index (χ3v) is 3.45. The van der Waals surface area contributed by atoms with Crippen molar-refractivity contribution in [1.82, 2.24) is 0 Å². The number of carbonyl (C=O) groups is 1. The Labute approximate surface area is 141 Å². The molecule has 0 aliphatic rings. The molecule has 0 N–H and O–H groups in total. The van der Waals surface area contributed by atoms with Gasteiger partial charge in [0, 0.05) is 17.5 Å². The summed E-state index contributed by atoms with van der Waals surface area (Å²) < 4.78 is 54.1. The van der Waals surface area contributed by atoms with Crippen LogP contribution < -0.4 is 10.4 Å². The third-order valence-electron chi connectivity index (χ3n) is 3.45. The van der Waals surface area contributed by atoms with Crippen molar-refractivity contribution in [3.63, 3.8) is 0 Å². The molecule has 2 rings (SSSR count). The van der Waals surface area contributed by atoms with Gasteiger partial charge in [0.05, 0.1) is 12.7 Å². The van der Waals surface area contributed by atoms with Gasteiger partial charge in [0.15, 0.2) is 6.10 Å². The average Bonchev–Trinajstić information content (AvgIpc) is 2.51. The average molecular weight is 358 g/mol. The number of ether oxygens (including phenoxy) is 2. The minimum Gasteiger partial charge on any atom is -0.479 e. The Bertz CT molecular complexity index is 823. The van der Waals surface area contributed by atoms with Crippen LogP contribution in [0.25, 0.3) is 11.0 Å². The minimum atomic E-state index is -4.69. The number of benzene rings is 1. The van der Waals surface area contributed by atoms with Gasteiger partial charge in [-0.25, -0.2) is 9.59 Å². The van der Waals surface area contributed by atoms with Gasteiger partial charge in [-0.3, -0.25) is 0 Å². The molecule has 25 heavy (non-hydrogen) atoms. The zero-order valence-corrected chi connectivity index (χ0v) is 13.8. The number of hydrogen-bond acceptors (Lipinski definition) is 5. The summed E-state index contributed by atoms with van der Waals surface area (Å²) >= 11 is 0. The van der Waals surface area contributed by atoms with Crippen molar-refractivity contribution in [3.05, 3.63) is 40.2 Å². The van der Waals surface area contributed by atoms with E-state index >= 15 is 0 Å². The summed E-state index contributed by atoms with van der Waals surface area (Å²) in [5.41, 5.74) is -2.48. The molecule has 0 fully saturated rings. The van der Waals surface area contributed by atoms with Crippen LogP contribution in [0.4, 0.5) is 13.2 Å². The molecule has 0 amide bonds. The number of halogens is 3. The maximum atomic E-state index is 13.0.